The molecule has 4 nitrogen and oxygen atoms in total. The predicted molar refractivity (Wildman–Crippen MR) is 72.9 cm³/mol. The van der Waals surface area contributed by atoms with Gasteiger partial charge in [0.25, 0.3) is 0 Å². The molecule has 0 saturated carbocycles. The molecule has 3 N–H and O–H groups in total. The molecule has 0 spiro atoms. The third kappa shape index (κ3) is 4.43. The van der Waals surface area contributed by atoms with Gasteiger partial charge in [-0.3, -0.25) is 0 Å². The Hall–Kier alpha value is -1.45. The van der Waals surface area contributed by atoms with Crippen LogP contribution in [0, 0.1) is 11.8 Å². The minimum absolute atomic E-state index is 0.00968. The van der Waals surface area contributed by atoms with Crippen LogP contribution in [-0.2, 0) is 4.74 Å². The van der Waals surface area contributed by atoms with Crippen molar-refractivity contribution in [1.29, 1.82) is 0 Å². The van der Waals surface area contributed by atoms with Crippen LogP contribution in [0.5, 0.6) is 0 Å². The summed E-state index contributed by atoms with van der Waals surface area (Å²) in [5, 5.41) is 2.87. The second-order valence-corrected chi connectivity index (χ2v) is 5.90. The van der Waals surface area contributed by atoms with Gasteiger partial charge in [0.1, 0.15) is 5.60 Å². The SMILES string of the molecule is CC1C=C(N)C=CC1C(C)NC(=O)OC(C)(C)C. The number of nitrogens with one attached hydrogen (secondary N) is 1. The van der Waals surface area contributed by atoms with E-state index in [1.54, 1.807) is 0 Å². The van der Waals surface area contributed by atoms with E-state index in [2.05, 4.69) is 12.2 Å². The molecular weight excluding hydrogens is 228 g/mol. The molecule has 18 heavy (non-hydrogen) atoms. The van der Waals surface area contributed by atoms with Crippen molar-refractivity contribution in [2.75, 3.05) is 0 Å². The Bertz CT molecular complexity index is 366. The standard InChI is InChI=1S/C14H24N2O2/c1-9-8-11(15)6-7-12(9)10(2)16-13(17)18-14(3,4)5/h6-10,12H,15H2,1-5H3,(H,16,17). The molecule has 1 rings (SSSR count). The number of hydrogen-bond donors (Lipinski definition) is 2. The van der Waals surface area contributed by atoms with E-state index in [4.69, 9.17) is 10.5 Å². The van der Waals surface area contributed by atoms with Crippen LogP contribution in [0.25, 0.3) is 0 Å². The molecular formula is C14H24N2O2. The van der Waals surface area contributed by atoms with Crippen molar-refractivity contribution in [3.63, 3.8) is 0 Å². The third-order valence-electron chi connectivity index (χ3n) is 2.90. The Morgan fingerprint density at radius 2 is 2.11 bits per heavy atom. The molecule has 0 aromatic carbocycles. The quantitative estimate of drug-likeness (QED) is 0.794. The molecule has 0 aromatic rings. The van der Waals surface area contributed by atoms with Crippen molar-refractivity contribution in [3.05, 3.63) is 23.9 Å². The van der Waals surface area contributed by atoms with E-state index in [1.165, 1.54) is 0 Å². The van der Waals surface area contributed by atoms with E-state index >= 15 is 0 Å². The molecule has 1 amide bonds. The Balaban J connectivity index is 2.54. The number of allylic oxidation sites excluding steroid dienone is 2. The number of ether oxygens (including phenoxy) is 1. The topological polar surface area (TPSA) is 64.3 Å². The fourth-order valence-corrected chi connectivity index (χ4v) is 2.08. The van der Waals surface area contributed by atoms with Gasteiger partial charge in [-0.1, -0.05) is 19.1 Å². The van der Waals surface area contributed by atoms with E-state index in [-0.39, 0.29) is 18.1 Å². The summed E-state index contributed by atoms with van der Waals surface area (Å²) in [6.07, 6.45) is 5.57. The number of amides is 1. The minimum atomic E-state index is -0.470. The van der Waals surface area contributed by atoms with Crippen molar-refractivity contribution in [1.82, 2.24) is 5.32 Å². The number of carbonyl (C=O) groups is 1. The fourth-order valence-electron chi connectivity index (χ4n) is 2.08. The van der Waals surface area contributed by atoms with E-state index in [0.717, 1.165) is 5.70 Å². The molecule has 102 valence electrons. The van der Waals surface area contributed by atoms with Crippen molar-refractivity contribution in [2.24, 2.45) is 17.6 Å². The molecule has 0 fully saturated rings. The van der Waals surface area contributed by atoms with Gasteiger partial charge in [-0.05, 0) is 39.7 Å². The number of carbonyl (C=O) groups excluding carboxylic acids is 1. The Morgan fingerprint density at radius 1 is 1.50 bits per heavy atom. The van der Waals surface area contributed by atoms with Gasteiger partial charge in [-0.25, -0.2) is 4.79 Å². The lowest BCUT2D eigenvalue weighted by molar-refractivity contribution is 0.0493. The summed E-state index contributed by atoms with van der Waals surface area (Å²) in [4.78, 5) is 11.7. The first-order valence-corrected chi connectivity index (χ1v) is 6.34. The van der Waals surface area contributed by atoms with Crippen molar-refractivity contribution in [2.45, 2.75) is 46.3 Å². The highest BCUT2D eigenvalue weighted by atomic mass is 16.6. The number of alkyl carbamates (subject to hydrolysis) is 1. The Labute approximate surface area is 109 Å². The molecule has 0 aromatic heterocycles. The van der Waals surface area contributed by atoms with Crippen LogP contribution in [0.4, 0.5) is 4.79 Å². The molecule has 4 heteroatoms. The predicted octanol–water partition coefficient (Wildman–Crippen LogP) is 2.56. The average Bonchev–Trinajstić information content (AvgIpc) is 2.13. The second kappa shape index (κ2) is 5.46. The van der Waals surface area contributed by atoms with Crippen LogP contribution < -0.4 is 11.1 Å². The van der Waals surface area contributed by atoms with Crippen LogP contribution in [0.3, 0.4) is 0 Å². The van der Waals surface area contributed by atoms with Crippen LogP contribution in [0.15, 0.2) is 23.9 Å². The monoisotopic (exact) mass is 252 g/mol. The zero-order valence-electron chi connectivity index (χ0n) is 11.9. The average molecular weight is 252 g/mol. The van der Waals surface area contributed by atoms with Crippen molar-refractivity contribution in [3.8, 4) is 0 Å². The van der Waals surface area contributed by atoms with Gasteiger partial charge in [0, 0.05) is 17.7 Å². The normalized spacial score (nSPS) is 25.3. The van der Waals surface area contributed by atoms with Gasteiger partial charge in [-0.2, -0.15) is 0 Å². The minimum Gasteiger partial charge on any atom is -0.444 e. The molecule has 0 saturated heterocycles. The Morgan fingerprint density at radius 3 is 2.61 bits per heavy atom. The van der Waals surface area contributed by atoms with E-state index in [1.807, 2.05) is 45.9 Å². The van der Waals surface area contributed by atoms with Gasteiger partial charge in [0.05, 0.1) is 0 Å². The van der Waals surface area contributed by atoms with Crippen LogP contribution >= 0.6 is 0 Å². The van der Waals surface area contributed by atoms with E-state index in [9.17, 15) is 4.79 Å². The summed E-state index contributed by atoms with van der Waals surface area (Å²) in [6.45, 7) is 9.62. The summed E-state index contributed by atoms with van der Waals surface area (Å²) in [5.74, 6) is 0.546. The zero-order chi connectivity index (χ0) is 13.9. The summed E-state index contributed by atoms with van der Waals surface area (Å²) < 4.78 is 5.24. The van der Waals surface area contributed by atoms with Crippen molar-refractivity contribution < 1.29 is 9.53 Å². The van der Waals surface area contributed by atoms with Crippen LogP contribution in [0.2, 0.25) is 0 Å². The molecule has 3 unspecified atom stereocenters. The first-order valence-electron chi connectivity index (χ1n) is 6.34. The lowest BCUT2D eigenvalue weighted by Crippen LogP contribution is -2.42. The van der Waals surface area contributed by atoms with E-state index < -0.39 is 5.60 Å². The van der Waals surface area contributed by atoms with Gasteiger partial charge in [0.2, 0.25) is 0 Å². The largest absolute Gasteiger partial charge is 0.444 e. The van der Waals surface area contributed by atoms with Gasteiger partial charge in [0.15, 0.2) is 0 Å². The van der Waals surface area contributed by atoms with E-state index in [0.29, 0.717) is 5.92 Å². The third-order valence-corrected chi connectivity index (χ3v) is 2.90. The summed E-state index contributed by atoms with van der Waals surface area (Å²) in [6, 6.07) is 0.00968. The van der Waals surface area contributed by atoms with Crippen LogP contribution in [0.1, 0.15) is 34.6 Å². The smallest absolute Gasteiger partial charge is 0.407 e. The second-order valence-electron chi connectivity index (χ2n) is 5.90. The lowest BCUT2D eigenvalue weighted by Gasteiger charge is -2.29. The Kier molecular flexibility index (Phi) is 4.43. The highest BCUT2D eigenvalue weighted by Crippen LogP contribution is 2.24. The molecule has 0 heterocycles. The van der Waals surface area contributed by atoms with Crippen LogP contribution in [-0.4, -0.2) is 17.7 Å². The zero-order valence-corrected chi connectivity index (χ0v) is 11.9. The maximum absolute atomic E-state index is 11.7. The van der Waals surface area contributed by atoms with Gasteiger partial charge in [-0.15, -0.1) is 0 Å². The van der Waals surface area contributed by atoms with Gasteiger partial charge < -0.3 is 15.8 Å². The molecule has 1 aliphatic rings. The highest BCUT2D eigenvalue weighted by Gasteiger charge is 2.25. The first-order chi connectivity index (χ1) is 8.19. The number of hydrogen-bond acceptors (Lipinski definition) is 3. The highest BCUT2D eigenvalue weighted by molar-refractivity contribution is 5.68. The van der Waals surface area contributed by atoms with Crippen molar-refractivity contribution >= 4 is 6.09 Å². The summed E-state index contributed by atoms with van der Waals surface area (Å²) in [7, 11) is 0. The molecule has 0 radical (unpaired) electrons. The lowest BCUT2D eigenvalue weighted by atomic mass is 9.84. The summed E-state index contributed by atoms with van der Waals surface area (Å²) >= 11 is 0. The molecule has 0 aliphatic heterocycles. The maximum atomic E-state index is 11.7. The molecule has 3 atom stereocenters. The van der Waals surface area contributed by atoms with Gasteiger partial charge >= 0.3 is 6.09 Å². The summed E-state index contributed by atoms with van der Waals surface area (Å²) in [5.41, 5.74) is 6.04. The number of rotatable bonds is 2. The molecule has 0 bridgehead atoms. The number of nitrogens with two attached hydrogens (primary N) is 1. The maximum Gasteiger partial charge on any atom is 0.407 e. The first kappa shape index (κ1) is 14.6. The fraction of sp³-hybridized carbons (Fsp3) is 0.643. The molecule has 1 aliphatic carbocycles.